The molecule has 116 valence electrons. The first kappa shape index (κ1) is 16.2. The molecule has 0 saturated heterocycles. The van der Waals surface area contributed by atoms with Crippen molar-refractivity contribution in [1.82, 2.24) is 5.32 Å². The second kappa shape index (κ2) is 6.32. The third kappa shape index (κ3) is 3.54. The molecule has 0 spiro atoms. The molecule has 0 atom stereocenters. The highest BCUT2D eigenvalue weighted by molar-refractivity contribution is 7.12. The van der Waals surface area contributed by atoms with Crippen LogP contribution in [0.25, 0.3) is 0 Å². The zero-order valence-corrected chi connectivity index (χ0v) is 14.0. The van der Waals surface area contributed by atoms with Crippen LogP contribution in [0.5, 0.6) is 0 Å². The van der Waals surface area contributed by atoms with Crippen molar-refractivity contribution in [2.75, 3.05) is 12.4 Å². The number of rotatable bonds is 3. The summed E-state index contributed by atoms with van der Waals surface area (Å²) in [6.07, 6.45) is 0. The van der Waals surface area contributed by atoms with Gasteiger partial charge in [0.1, 0.15) is 4.88 Å². The first-order valence-corrected chi connectivity index (χ1v) is 7.92. The average Bonchev–Trinajstić information content (AvgIpc) is 2.93. The first-order valence-electron chi connectivity index (χ1n) is 7.04. The lowest BCUT2D eigenvalue weighted by atomic mass is 9.87. The Balaban J connectivity index is 2.16. The van der Waals surface area contributed by atoms with Gasteiger partial charge in [0.2, 0.25) is 0 Å². The van der Waals surface area contributed by atoms with Crippen LogP contribution in [-0.4, -0.2) is 18.9 Å². The maximum Gasteiger partial charge on any atom is 0.263 e. The molecular formula is C17H20N2O2S. The van der Waals surface area contributed by atoms with Crippen LogP contribution in [0.1, 0.15) is 46.4 Å². The van der Waals surface area contributed by atoms with Crippen LogP contribution in [0.15, 0.2) is 35.7 Å². The summed E-state index contributed by atoms with van der Waals surface area (Å²) in [5.41, 5.74) is 2.33. The molecule has 0 radical (unpaired) electrons. The summed E-state index contributed by atoms with van der Waals surface area (Å²) in [7, 11) is 1.57. The minimum absolute atomic E-state index is 0.0503. The molecule has 22 heavy (non-hydrogen) atoms. The van der Waals surface area contributed by atoms with Crippen molar-refractivity contribution < 1.29 is 9.59 Å². The summed E-state index contributed by atoms with van der Waals surface area (Å²) >= 11 is 1.30. The third-order valence-electron chi connectivity index (χ3n) is 3.36. The topological polar surface area (TPSA) is 58.2 Å². The number of hydrogen-bond donors (Lipinski definition) is 2. The van der Waals surface area contributed by atoms with E-state index in [-0.39, 0.29) is 17.2 Å². The van der Waals surface area contributed by atoms with Gasteiger partial charge in [-0.1, -0.05) is 32.9 Å². The van der Waals surface area contributed by atoms with Gasteiger partial charge in [0.05, 0.1) is 5.69 Å². The number of benzene rings is 1. The molecule has 0 saturated carbocycles. The molecule has 2 amide bonds. The van der Waals surface area contributed by atoms with Crippen LogP contribution in [0.3, 0.4) is 0 Å². The molecule has 0 bridgehead atoms. The summed E-state index contributed by atoms with van der Waals surface area (Å²) in [4.78, 5) is 24.5. The fourth-order valence-corrected chi connectivity index (χ4v) is 2.81. The second-order valence-electron chi connectivity index (χ2n) is 6.02. The number of thiophene rings is 1. The Morgan fingerprint density at radius 3 is 2.18 bits per heavy atom. The van der Waals surface area contributed by atoms with Crippen LogP contribution in [0.2, 0.25) is 0 Å². The Labute approximate surface area is 134 Å². The van der Waals surface area contributed by atoms with E-state index in [4.69, 9.17) is 0 Å². The predicted octanol–water partition coefficient (Wildman–Crippen LogP) is 3.66. The lowest BCUT2D eigenvalue weighted by Gasteiger charge is -2.19. The zero-order valence-electron chi connectivity index (χ0n) is 13.2. The van der Waals surface area contributed by atoms with E-state index in [1.54, 1.807) is 18.5 Å². The van der Waals surface area contributed by atoms with Gasteiger partial charge in [0.25, 0.3) is 11.8 Å². The summed E-state index contributed by atoms with van der Waals surface area (Å²) in [6.45, 7) is 6.38. The average molecular weight is 316 g/mol. The van der Waals surface area contributed by atoms with Crippen LogP contribution in [0, 0.1) is 0 Å². The van der Waals surface area contributed by atoms with E-state index in [1.807, 2.05) is 24.3 Å². The number of carbonyl (C=O) groups is 2. The van der Waals surface area contributed by atoms with Crippen molar-refractivity contribution in [3.8, 4) is 0 Å². The van der Waals surface area contributed by atoms with Gasteiger partial charge in [0.15, 0.2) is 0 Å². The molecule has 0 fully saturated rings. The molecule has 1 aromatic carbocycles. The molecule has 5 heteroatoms. The lowest BCUT2D eigenvalue weighted by molar-refractivity contribution is 0.0968. The van der Waals surface area contributed by atoms with Gasteiger partial charge < -0.3 is 10.6 Å². The normalized spacial score (nSPS) is 11.1. The minimum Gasteiger partial charge on any atom is -0.354 e. The Morgan fingerprint density at radius 2 is 1.64 bits per heavy atom. The van der Waals surface area contributed by atoms with Crippen molar-refractivity contribution >= 4 is 28.8 Å². The smallest absolute Gasteiger partial charge is 0.263 e. The summed E-state index contributed by atoms with van der Waals surface area (Å²) in [5.74, 6) is -0.419. The van der Waals surface area contributed by atoms with E-state index in [0.29, 0.717) is 16.1 Å². The van der Waals surface area contributed by atoms with E-state index < -0.39 is 0 Å². The Kier molecular flexibility index (Phi) is 4.66. The Morgan fingerprint density at radius 1 is 1.00 bits per heavy atom. The Bertz CT molecular complexity index is 681. The number of amides is 2. The lowest BCUT2D eigenvalue weighted by Crippen LogP contribution is -2.20. The maximum absolute atomic E-state index is 12.3. The molecule has 0 unspecified atom stereocenters. The van der Waals surface area contributed by atoms with Crippen molar-refractivity contribution in [3.05, 3.63) is 51.7 Å². The second-order valence-corrected chi connectivity index (χ2v) is 6.94. The van der Waals surface area contributed by atoms with Crippen molar-refractivity contribution in [1.29, 1.82) is 0 Å². The van der Waals surface area contributed by atoms with Crippen molar-refractivity contribution in [2.45, 2.75) is 26.2 Å². The predicted molar refractivity (Wildman–Crippen MR) is 90.8 cm³/mol. The summed E-state index contributed by atoms with van der Waals surface area (Å²) in [6, 6.07) is 9.27. The van der Waals surface area contributed by atoms with Gasteiger partial charge in [-0.05, 0) is 34.6 Å². The van der Waals surface area contributed by atoms with E-state index in [9.17, 15) is 9.59 Å². The van der Waals surface area contributed by atoms with Crippen molar-refractivity contribution in [3.63, 3.8) is 0 Å². The van der Waals surface area contributed by atoms with Gasteiger partial charge >= 0.3 is 0 Å². The molecule has 0 aliphatic carbocycles. The fraction of sp³-hybridized carbons (Fsp3) is 0.294. The molecule has 2 N–H and O–H groups in total. The monoisotopic (exact) mass is 316 g/mol. The number of nitrogens with one attached hydrogen (secondary N) is 2. The van der Waals surface area contributed by atoms with Crippen LogP contribution < -0.4 is 10.6 Å². The molecule has 0 aliphatic heterocycles. The molecule has 2 aromatic rings. The number of hydrogen-bond acceptors (Lipinski definition) is 3. The largest absolute Gasteiger partial charge is 0.354 e. The highest BCUT2D eigenvalue weighted by Gasteiger charge is 2.16. The van der Waals surface area contributed by atoms with E-state index in [2.05, 4.69) is 31.4 Å². The number of carbonyl (C=O) groups excluding carboxylic acids is 2. The molecule has 1 heterocycles. The highest BCUT2D eigenvalue weighted by atomic mass is 32.1. The van der Waals surface area contributed by atoms with E-state index in [1.165, 1.54) is 16.9 Å². The summed E-state index contributed by atoms with van der Waals surface area (Å²) < 4.78 is 0. The van der Waals surface area contributed by atoms with Crippen LogP contribution in [0.4, 0.5) is 5.69 Å². The first-order chi connectivity index (χ1) is 10.3. The fourth-order valence-electron chi connectivity index (χ4n) is 2.01. The summed E-state index contributed by atoms with van der Waals surface area (Å²) in [5, 5.41) is 7.14. The van der Waals surface area contributed by atoms with Crippen LogP contribution >= 0.6 is 11.3 Å². The van der Waals surface area contributed by atoms with E-state index >= 15 is 0 Å². The Hall–Kier alpha value is -2.14. The molecule has 2 rings (SSSR count). The standard InChI is InChI=1S/C17H20N2O2S/c1-17(2,3)12-7-5-11(6-8-12)15(20)19-13-9-10-22-14(13)16(21)18-4/h5-10H,1-4H3,(H,18,21)(H,19,20). The van der Waals surface area contributed by atoms with Gasteiger partial charge in [-0.25, -0.2) is 0 Å². The quantitative estimate of drug-likeness (QED) is 0.908. The molecule has 1 aromatic heterocycles. The molecular weight excluding hydrogens is 296 g/mol. The van der Waals surface area contributed by atoms with Crippen molar-refractivity contribution in [2.24, 2.45) is 0 Å². The number of anilines is 1. The van der Waals surface area contributed by atoms with Gasteiger partial charge in [-0.2, -0.15) is 0 Å². The van der Waals surface area contributed by atoms with E-state index in [0.717, 1.165) is 0 Å². The minimum atomic E-state index is -0.219. The van der Waals surface area contributed by atoms with Gasteiger partial charge in [-0.15, -0.1) is 11.3 Å². The maximum atomic E-state index is 12.3. The van der Waals surface area contributed by atoms with Gasteiger partial charge in [-0.3, -0.25) is 9.59 Å². The highest BCUT2D eigenvalue weighted by Crippen LogP contribution is 2.24. The third-order valence-corrected chi connectivity index (χ3v) is 4.27. The zero-order chi connectivity index (χ0) is 16.3. The molecule has 4 nitrogen and oxygen atoms in total. The van der Waals surface area contributed by atoms with Crippen LogP contribution in [-0.2, 0) is 5.41 Å². The van der Waals surface area contributed by atoms with Gasteiger partial charge in [0, 0.05) is 12.6 Å². The SMILES string of the molecule is CNC(=O)c1sccc1NC(=O)c1ccc(C(C)(C)C)cc1. The molecule has 0 aliphatic rings.